The molecule has 1 aromatic carbocycles. The smallest absolute Gasteiger partial charge is 0.300 e. The van der Waals surface area contributed by atoms with Gasteiger partial charge >= 0.3 is 6.18 Å². The molecule has 0 bridgehead atoms. The highest BCUT2D eigenvalue weighted by Crippen LogP contribution is 2.26. The van der Waals surface area contributed by atoms with Crippen molar-refractivity contribution in [2.75, 3.05) is 0 Å². The number of hydrogen-bond acceptors (Lipinski definition) is 4. The molecule has 0 N–H and O–H groups in total. The monoisotopic (exact) mass is 438 g/mol. The van der Waals surface area contributed by atoms with Gasteiger partial charge in [0.2, 0.25) is 0 Å². The van der Waals surface area contributed by atoms with E-state index in [1.807, 2.05) is 54.8 Å². The normalized spacial score (nSPS) is 11.8. The van der Waals surface area contributed by atoms with E-state index in [1.165, 1.54) is 0 Å². The summed E-state index contributed by atoms with van der Waals surface area (Å²) in [6.45, 7) is 3.84. The van der Waals surface area contributed by atoms with Crippen LogP contribution in [-0.4, -0.2) is 31.3 Å². The minimum absolute atomic E-state index is 0.0329. The Labute approximate surface area is 183 Å². The van der Waals surface area contributed by atoms with Gasteiger partial charge in [-0.2, -0.15) is 13.2 Å². The number of halogens is 3. The molecule has 0 aliphatic heterocycles. The fourth-order valence-electron chi connectivity index (χ4n) is 3.63. The number of carbonyl (C=O) groups is 1. The third kappa shape index (κ3) is 5.01. The van der Waals surface area contributed by atoms with Gasteiger partial charge in [0.25, 0.3) is 0 Å². The summed E-state index contributed by atoms with van der Waals surface area (Å²) in [7, 11) is 0. The van der Waals surface area contributed by atoms with Gasteiger partial charge in [-0.1, -0.05) is 18.2 Å². The number of carbonyl (C=O) groups excluding carboxylic acids is 1. The Hall–Kier alpha value is -3.55. The molecule has 0 spiro atoms. The van der Waals surface area contributed by atoms with Crippen LogP contribution < -0.4 is 0 Å². The van der Waals surface area contributed by atoms with Crippen LogP contribution in [0.25, 0.3) is 28.3 Å². The molecule has 3 heterocycles. The Morgan fingerprint density at radius 3 is 2.47 bits per heavy atom. The molecule has 3 aromatic heterocycles. The Balaban J connectivity index is 1.59. The second-order valence-corrected chi connectivity index (χ2v) is 7.79. The third-order valence-corrected chi connectivity index (χ3v) is 5.07. The number of nitrogens with zero attached hydrogens (tertiary/aromatic N) is 4. The maximum atomic E-state index is 12.4. The van der Waals surface area contributed by atoms with Gasteiger partial charge in [-0.05, 0) is 43.7 Å². The summed E-state index contributed by atoms with van der Waals surface area (Å²) in [5, 5.41) is 0. The van der Waals surface area contributed by atoms with E-state index in [1.54, 1.807) is 18.3 Å². The topological polar surface area (TPSA) is 60.2 Å². The van der Waals surface area contributed by atoms with Crippen molar-refractivity contribution in [2.45, 2.75) is 39.3 Å². The molecule has 0 radical (unpaired) electrons. The summed E-state index contributed by atoms with van der Waals surface area (Å²) in [6, 6.07) is 13.0. The standard InChI is InChI=1S/C24H21F3N4O/c1-15-10-16(2)30-23(29-15)19-7-9-31-21(14-28-22(31)13-19)18-5-3-4-17(11-18)12-20(32)6-8-24(25,26)27/h3-5,7,9-11,13-14H,6,8,12H2,1-2H3. The number of rotatable bonds is 6. The number of fused-ring (bicyclic) bond motifs is 1. The van der Waals surface area contributed by atoms with Crippen LogP contribution in [0.3, 0.4) is 0 Å². The van der Waals surface area contributed by atoms with Gasteiger partial charge in [-0.25, -0.2) is 15.0 Å². The number of benzene rings is 1. The lowest BCUT2D eigenvalue weighted by Crippen LogP contribution is -2.12. The van der Waals surface area contributed by atoms with Crippen LogP contribution in [-0.2, 0) is 11.2 Å². The van der Waals surface area contributed by atoms with Crippen molar-refractivity contribution in [2.24, 2.45) is 0 Å². The second kappa shape index (κ2) is 8.53. The highest BCUT2D eigenvalue weighted by molar-refractivity contribution is 5.81. The quantitative estimate of drug-likeness (QED) is 0.397. The largest absolute Gasteiger partial charge is 0.389 e. The average molecular weight is 438 g/mol. The first-order chi connectivity index (χ1) is 15.2. The van der Waals surface area contributed by atoms with Crippen LogP contribution in [0.4, 0.5) is 13.2 Å². The zero-order valence-electron chi connectivity index (χ0n) is 17.6. The summed E-state index contributed by atoms with van der Waals surface area (Å²) in [5.74, 6) is 0.199. The van der Waals surface area contributed by atoms with Crippen LogP contribution in [0.5, 0.6) is 0 Å². The highest BCUT2D eigenvalue weighted by atomic mass is 19.4. The minimum atomic E-state index is -4.32. The molecule has 0 saturated heterocycles. The fraction of sp³-hybridized carbons (Fsp3) is 0.250. The van der Waals surface area contributed by atoms with E-state index in [9.17, 15) is 18.0 Å². The van der Waals surface area contributed by atoms with E-state index in [0.717, 1.165) is 28.2 Å². The molecule has 32 heavy (non-hydrogen) atoms. The molecular formula is C24H21F3N4O. The van der Waals surface area contributed by atoms with Crippen molar-refractivity contribution >= 4 is 11.4 Å². The molecule has 5 nitrogen and oxygen atoms in total. The molecule has 0 atom stereocenters. The van der Waals surface area contributed by atoms with Crippen molar-refractivity contribution in [3.8, 4) is 22.6 Å². The van der Waals surface area contributed by atoms with Gasteiger partial charge in [0.15, 0.2) is 5.82 Å². The van der Waals surface area contributed by atoms with E-state index in [4.69, 9.17) is 0 Å². The van der Waals surface area contributed by atoms with Gasteiger partial charge < -0.3 is 0 Å². The first-order valence-corrected chi connectivity index (χ1v) is 10.2. The predicted octanol–water partition coefficient (Wildman–Crippen LogP) is 5.53. The maximum Gasteiger partial charge on any atom is 0.389 e. The van der Waals surface area contributed by atoms with Crippen LogP contribution >= 0.6 is 0 Å². The molecule has 0 fully saturated rings. The third-order valence-electron chi connectivity index (χ3n) is 5.07. The summed E-state index contributed by atoms with van der Waals surface area (Å²) in [4.78, 5) is 25.4. The van der Waals surface area contributed by atoms with E-state index in [2.05, 4.69) is 15.0 Å². The van der Waals surface area contributed by atoms with Crippen molar-refractivity contribution in [1.29, 1.82) is 0 Å². The molecule has 4 rings (SSSR count). The number of alkyl halides is 3. The number of pyridine rings is 1. The lowest BCUT2D eigenvalue weighted by atomic mass is 10.0. The van der Waals surface area contributed by atoms with E-state index in [-0.39, 0.29) is 6.42 Å². The first kappa shape index (κ1) is 21.7. The van der Waals surface area contributed by atoms with Crippen LogP contribution in [0.2, 0.25) is 0 Å². The predicted molar refractivity (Wildman–Crippen MR) is 115 cm³/mol. The molecular weight excluding hydrogens is 417 g/mol. The Kier molecular flexibility index (Phi) is 5.78. The van der Waals surface area contributed by atoms with Gasteiger partial charge in [0.1, 0.15) is 11.4 Å². The molecule has 8 heteroatoms. The van der Waals surface area contributed by atoms with E-state index in [0.29, 0.717) is 17.0 Å². The first-order valence-electron chi connectivity index (χ1n) is 10.2. The Morgan fingerprint density at radius 1 is 1.00 bits per heavy atom. The Morgan fingerprint density at radius 2 is 1.75 bits per heavy atom. The molecule has 0 amide bonds. The van der Waals surface area contributed by atoms with Gasteiger partial charge in [-0.15, -0.1) is 0 Å². The molecule has 4 aromatic rings. The summed E-state index contributed by atoms with van der Waals surface area (Å²) in [6.07, 6.45) is -2.34. The summed E-state index contributed by atoms with van der Waals surface area (Å²) in [5.41, 5.74) is 5.66. The van der Waals surface area contributed by atoms with Crippen LogP contribution in [0.15, 0.2) is 54.9 Å². The van der Waals surface area contributed by atoms with Gasteiger partial charge in [0.05, 0.1) is 18.3 Å². The lowest BCUT2D eigenvalue weighted by Gasteiger charge is -2.08. The van der Waals surface area contributed by atoms with Crippen molar-refractivity contribution in [1.82, 2.24) is 19.4 Å². The zero-order valence-corrected chi connectivity index (χ0v) is 17.6. The second-order valence-electron chi connectivity index (χ2n) is 7.79. The minimum Gasteiger partial charge on any atom is -0.300 e. The van der Waals surface area contributed by atoms with Crippen LogP contribution in [0, 0.1) is 13.8 Å². The lowest BCUT2D eigenvalue weighted by molar-refractivity contribution is -0.143. The van der Waals surface area contributed by atoms with E-state index >= 15 is 0 Å². The maximum absolute atomic E-state index is 12.4. The van der Waals surface area contributed by atoms with Gasteiger partial charge in [-0.3, -0.25) is 9.20 Å². The number of imidazole rings is 1. The number of aryl methyl sites for hydroxylation is 2. The highest BCUT2D eigenvalue weighted by Gasteiger charge is 2.27. The number of hydrogen-bond donors (Lipinski definition) is 0. The number of Topliss-reactive ketones (excluding diaryl/α,β-unsaturated/α-hetero) is 1. The molecule has 0 unspecified atom stereocenters. The molecule has 0 saturated carbocycles. The van der Waals surface area contributed by atoms with Gasteiger partial charge in [0, 0.05) is 41.6 Å². The Bertz CT molecular complexity index is 1270. The molecule has 0 aliphatic carbocycles. The number of aromatic nitrogens is 4. The fourth-order valence-corrected chi connectivity index (χ4v) is 3.63. The SMILES string of the molecule is Cc1cc(C)nc(-c2ccn3c(-c4cccc(CC(=O)CCC(F)(F)F)c4)cnc3c2)n1. The molecule has 0 aliphatic rings. The molecule has 164 valence electrons. The summed E-state index contributed by atoms with van der Waals surface area (Å²) < 4.78 is 39.0. The zero-order chi connectivity index (χ0) is 22.9. The number of ketones is 1. The van der Waals surface area contributed by atoms with E-state index < -0.39 is 24.8 Å². The van der Waals surface area contributed by atoms with Crippen molar-refractivity contribution in [3.63, 3.8) is 0 Å². The van der Waals surface area contributed by atoms with Crippen LogP contribution in [0.1, 0.15) is 29.8 Å². The van der Waals surface area contributed by atoms with Crippen molar-refractivity contribution < 1.29 is 18.0 Å². The summed E-state index contributed by atoms with van der Waals surface area (Å²) >= 11 is 0. The average Bonchev–Trinajstić information content (AvgIpc) is 3.14. The van der Waals surface area contributed by atoms with Crippen molar-refractivity contribution in [3.05, 3.63) is 71.8 Å².